The van der Waals surface area contributed by atoms with Crippen molar-refractivity contribution in [3.8, 4) is 11.5 Å². The van der Waals surface area contributed by atoms with Crippen molar-refractivity contribution in [3.05, 3.63) is 22.2 Å². The molecule has 106 valence electrons. The molecule has 0 aromatic heterocycles. The highest BCUT2D eigenvalue weighted by atomic mass is 79.9. The first-order valence-electron chi connectivity index (χ1n) is 6.55. The van der Waals surface area contributed by atoms with Gasteiger partial charge in [-0.1, -0.05) is 0 Å². The van der Waals surface area contributed by atoms with Crippen LogP contribution < -0.4 is 15.2 Å². The Balaban J connectivity index is 2.36. The van der Waals surface area contributed by atoms with Crippen molar-refractivity contribution in [2.45, 2.75) is 25.9 Å². The number of fused-ring (bicyclic) bond motifs is 1. The number of benzene rings is 1. The molecule has 0 fully saturated rings. The minimum atomic E-state index is 0.173. The topological polar surface area (TPSA) is 47.7 Å². The molecule has 4 nitrogen and oxygen atoms in total. The summed E-state index contributed by atoms with van der Waals surface area (Å²) in [5.41, 5.74) is 7.09. The van der Waals surface area contributed by atoms with E-state index in [0.717, 1.165) is 21.5 Å². The average Bonchev–Trinajstić information content (AvgIpc) is 2.39. The number of hydrogen-bond acceptors (Lipinski definition) is 4. The largest absolute Gasteiger partial charge is 0.486 e. The summed E-state index contributed by atoms with van der Waals surface area (Å²) in [6.45, 7) is 6.08. The maximum Gasteiger partial charge on any atom is 0.175 e. The van der Waals surface area contributed by atoms with E-state index in [9.17, 15) is 0 Å². The second-order valence-electron chi connectivity index (χ2n) is 5.04. The van der Waals surface area contributed by atoms with Crippen LogP contribution in [0, 0.1) is 0 Å². The summed E-state index contributed by atoms with van der Waals surface area (Å²) in [5.74, 6) is 1.59. The zero-order valence-electron chi connectivity index (χ0n) is 11.6. The van der Waals surface area contributed by atoms with Crippen LogP contribution >= 0.6 is 15.9 Å². The summed E-state index contributed by atoms with van der Waals surface area (Å²) in [4.78, 5) is 2.26. The van der Waals surface area contributed by atoms with E-state index in [1.54, 1.807) is 0 Å². The first kappa shape index (κ1) is 14.6. The van der Waals surface area contributed by atoms with Crippen molar-refractivity contribution in [2.75, 3.05) is 26.8 Å². The molecule has 1 aromatic rings. The molecule has 1 aliphatic heterocycles. The summed E-state index contributed by atoms with van der Waals surface area (Å²) in [6.07, 6.45) is 0. The van der Waals surface area contributed by atoms with Gasteiger partial charge in [-0.3, -0.25) is 4.90 Å². The minimum Gasteiger partial charge on any atom is -0.486 e. The maximum atomic E-state index is 5.94. The number of ether oxygens (including phenoxy) is 2. The van der Waals surface area contributed by atoms with Gasteiger partial charge in [-0.2, -0.15) is 0 Å². The number of rotatable bonds is 4. The summed E-state index contributed by atoms with van der Waals surface area (Å²) in [5, 5.41) is 0. The van der Waals surface area contributed by atoms with E-state index in [4.69, 9.17) is 15.2 Å². The molecule has 0 radical (unpaired) electrons. The highest BCUT2D eigenvalue weighted by molar-refractivity contribution is 9.10. The number of nitrogens with two attached hydrogens (primary N) is 1. The third-order valence-corrected chi connectivity index (χ3v) is 4.12. The van der Waals surface area contributed by atoms with Gasteiger partial charge >= 0.3 is 0 Å². The Hall–Kier alpha value is -0.780. The highest BCUT2D eigenvalue weighted by Crippen LogP contribution is 2.40. The molecule has 2 N–H and O–H groups in total. The molecule has 0 bridgehead atoms. The second-order valence-corrected chi connectivity index (χ2v) is 5.89. The van der Waals surface area contributed by atoms with Crippen LogP contribution in [-0.4, -0.2) is 37.7 Å². The molecule has 19 heavy (non-hydrogen) atoms. The van der Waals surface area contributed by atoms with Gasteiger partial charge in [-0.15, -0.1) is 0 Å². The highest BCUT2D eigenvalue weighted by Gasteiger charge is 2.23. The lowest BCUT2D eigenvalue weighted by Crippen LogP contribution is -2.35. The van der Waals surface area contributed by atoms with Crippen LogP contribution in [0.15, 0.2) is 16.6 Å². The molecule has 0 saturated carbocycles. The van der Waals surface area contributed by atoms with Gasteiger partial charge in [0.15, 0.2) is 11.5 Å². The van der Waals surface area contributed by atoms with E-state index in [0.29, 0.717) is 25.8 Å². The summed E-state index contributed by atoms with van der Waals surface area (Å²) >= 11 is 3.55. The molecular formula is C14H21BrN2O2. The molecule has 5 heteroatoms. The number of nitrogens with zero attached hydrogens (tertiary/aromatic N) is 1. The van der Waals surface area contributed by atoms with Gasteiger partial charge in [-0.25, -0.2) is 0 Å². The smallest absolute Gasteiger partial charge is 0.175 e. The molecule has 2 rings (SSSR count). The summed E-state index contributed by atoms with van der Waals surface area (Å²) in [6, 6.07) is 4.72. The van der Waals surface area contributed by atoms with Crippen LogP contribution in [0.5, 0.6) is 11.5 Å². The van der Waals surface area contributed by atoms with Gasteiger partial charge in [0.1, 0.15) is 13.2 Å². The fourth-order valence-corrected chi connectivity index (χ4v) is 2.79. The molecular weight excluding hydrogens is 308 g/mol. The quantitative estimate of drug-likeness (QED) is 0.922. The van der Waals surface area contributed by atoms with E-state index >= 15 is 0 Å². The third-order valence-electron chi connectivity index (χ3n) is 3.53. The normalized spacial score (nSPS) is 15.9. The third kappa shape index (κ3) is 3.04. The zero-order chi connectivity index (χ0) is 14.0. The van der Waals surface area contributed by atoms with Crippen LogP contribution in [0.2, 0.25) is 0 Å². The lowest BCUT2D eigenvalue weighted by molar-refractivity contribution is 0.168. The minimum absolute atomic E-state index is 0.173. The molecule has 1 unspecified atom stereocenters. The molecule has 1 heterocycles. The Morgan fingerprint density at radius 3 is 2.63 bits per heavy atom. The lowest BCUT2D eigenvalue weighted by Gasteiger charge is -2.31. The lowest BCUT2D eigenvalue weighted by atomic mass is 10.0. The van der Waals surface area contributed by atoms with E-state index < -0.39 is 0 Å². The molecule has 0 amide bonds. The maximum absolute atomic E-state index is 5.94. The predicted molar refractivity (Wildman–Crippen MR) is 79.8 cm³/mol. The monoisotopic (exact) mass is 328 g/mol. The SMILES string of the molecule is CC(C)N(C)C(CN)c1cc(Br)c2c(c1)OCCO2. The van der Waals surface area contributed by atoms with Crippen molar-refractivity contribution < 1.29 is 9.47 Å². The van der Waals surface area contributed by atoms with E-state index in [1.165, 1.54) is 0 Å². The predicted octanol–water partition coefficient (Wildman–Crippen LogP) is 2.56. The van der Waals surface area contributed by atoms with Crippen LogP contribution in [0.25, 0.3) is 0 Å². The molecule has 0 aliphatic carbocycles. The average molecular weight is 329 g/mol. The summed E-state index contributed by atoms with van der Waals surface area (Å²) < 4.78 is 12.2. The Morgan fingerprint density at radius 1 is 1.32 bits per heavy atom. The number of likely N-dealkylation sites (N-methyl/N-ethyl adjacent to an activating group) is 1. The van der Waals surface area contributed by atoms with E-state index in [-0.39, 0.29) is 6.04 Å². The van der Waals surface area contributed by atoms with E-state index in [1.807, 2.05) is 6.07 Å². The Kier molecular flexibility index (Phi) is 4.71. The molecule has 1 aromatic carbocycles. The van der Waals surface area contributed by atoms with Gasteiger partial charge in [-0.05, 0) is 54.5 Å². The van der Waals surface area contributed by atoms with Crippen molar-refractivity contribution in [2.24, 2.45) is 5.73 Å². The zero-order valence-corrected chi connectivity index (χ0v) is 13.2. The van der Waals surface area contributed by atoms with Crippen molar-refractivity contribution in [1.82, 2.24) is 4.90 Å². The second kappa shape index (κ2) is 6.11. The van der Waals surface area contributed by atoms with Crippen LogP contribution in [-0.2, 0) is 0 Å². The summed E-state index contributed by atoms with van der Waals surface area (Å²) in [7, 11) is 2.09. The van der Waals surface area contributed by atoms with Crippen molar-refractivity contribution >= 4 is 15.9 Å². The van der Waals surface area contributed by atoms with Gasteiger partial charge in [0.25, 0.3) is 0 Å². The first-order valence-corrected chi connectivity index (χ1v) is 7.35. The molecule has 1 aliphatic rings. The Bertz CT molecular complexity index is 451. The van der Waals surface area contributed by atoms with Gasteiger partial charge < -0.3 is 15.2 Å². The fraction of sp³-hybridized carbons (Fsp3) is 0.571. The Labute approximate surface area is 123 Å². The fourth-order valence-electron chi connectivity index (χ4n) is 2.22. The van der Waals surface area contributed by atoms with E-state index in [2.05, 4.69) is 47.8 Å². The standard InChI is InChI=1S/C14H21BrN2O2/c1-9(2)17(3)12(8-16)10-6-11(15)14-13(7-10)18-4-5-19-14/h6-7,9,12H,4-5,8,16H2,1-3H3. The number of hydrogen-bond donors (Lipinski definition) is 1. The number of halogens is 1. The van der Waals surface area contributed by atoms with Gasteiger partial charge in [0.2, 0.25) is 0 Å². The van der Waals surface area contributed by atoms with Crippen LogP contribution in [0.3, 0.4) is 0 Å². The van der Waals surface area contributed by atoms with Gasteiger partial charge in [0.05, 0.1) is 4.47 Å². The van der Waals surface area contributed by atoms with Crippen molar-refractivity contribution in [1.29, 1.82) is 0 Å². The van der Waals surface area contributed by atoms with Crippen molar-refractivity contribution in [3.63, 3.8) is 0 Å². The van der Waals surface area contributed by atoms with Gasteiger partial charge in [0, 0.05) is 18.6 Å². The molecule has 1 atom stereocenters. The van der Waals surface area contributed by atoms with Crippen LogP contribution in [0.1, 0.15) is 25.5 Å². The first-order chi connectivity index (χ1) is 9.04. The molecule has 0 saturated heterocycles. The molecule has 0 spiro atoms. The Morgan fingerprint density at radius 2 is 2.00 bits per heavy atom. The van der Waals surface area contributed by atoms with Crippen LogP contribution in [0.4, 0.5) is 0 Å².